The molecule has 0 saturated heterocycles. The Morgan fingerprint density at radius 3 is 2.06 bits per heavy atom. The number of nitrogens with zero attached hydrogens (tertiary/aromatic N) is 2. The third-order valence-electron chi connectivity index (χ3n) is 4.08. The van der Waals surface area contributed by atoms with E-state index in [4.69, 9.17) is 0 Å². The van der Waals surface area contributed by atoms with E-state index in [0.29, 0.717) is 11.4 Å². The van der Waals surface area contributed by atoms with Crippen LogP contribution in [-0.2, 0) is 19.6 Å². The molecular weight excluding hydrogens is 450 g/mol. The highest BCUT2D eigenvalue weighted by molar-refractivity contribution is 8.00. The van der Waals surface area contributed by atoms with Crippen molar-refractivity contribution in [1.29, 1.82) is 0 Å². The van der Waals surface area contributed by atoms with E-state index >= 15 is 0 Å². The normalized spacial score (nSPS) is 11.9. The van der Waals surface area contributed by atoms with Crippen LogP contribution in [0.3, 0.4) is 0 Å². The lowest BCUT2D eigenvalue weighted by molar-refractivity contribution is -0.115. The predicted molar refractivity (Wildman–Crippen MR) is 124 cm³/mol. The molecule has 3 aromatic rings. The summed E-state index contributed by atoms with van der Waals surface area (Å²) < 4.78 is 27.1. The molecule has 0 bridgehead atoms. The van der Waals surface area contributed by atoms with Gasteiger partial charge in [0.05, 0.1) is 10.1 Å². The molecule has 11 heteroatoms. The van der Waals surface area contributed by atoms with Gasteiger partial charge in [-0.1, -0.05) is 0 Å². The quantitative estimate of drug-likeness (QED) is 0.430. The van der Waals surface area contributed by atoms with Crippen molar-refractivity contribution in [2.24, 2.45) is 0 Å². The second kappa shape index (κ2) is 10.2. The van der Waals surface area contributed by atoms with Crippen molar-refractivity contribution in [2.75, 3.05) is 15.4 Å². The van der Waals surface area contributed by atoms with Gasteiger partial charge in [-0.15, -0.1) is 11.8 Å². The van der Waals surface area contributed by atoms with Gasteiger partial charge in [0.15, 0.2) is 0 Å². The van der Waals surface area contributed by atoms with Gasteiger partial charge in [0.25, 0.3) is 10.0 Å². The summed E-state index contributed by atoms with van der Waals surface area (Å²) in [4.78, 5) is 32.2. The maximum atomic E-state index is 12.5. The number of nitrogens with one attached hydrogen (secondary N) is 3. The molecule has 9 nitrogen and oxygen atoms in total. The molecule has 0 aliphatic rings. The summed E-state index contributed by atoms with van der Waals surface area (Å²) in [5.41, 5.74) is 1.15. The van der Waals surface area contributed by atoms with Gasteiger partial charge < -0.3 is 10.6 Å². The Labute approximate surface area is 190 Å². The predicted octanol–water partition coefficient (Wildman–Crippen LogP) is 3.36. The summed E-state index contributed by atoms with van der Waals surface area (Å²) in [6.07, 6.45) is 2.86. The van der Waals surface area contributed by atoms with E-state index in [1.165, 1.54) is 55.3 Å². The molecule has 0 radical (unpaired) electrons. The maximum Gasteiger partial charge on any atom is 0.264 e. The van der Waals surface area contributed by atoms with Crippen molar-refractivity contribution in [3.63, 3.8) is 0 Å². The van der Waals surface area contributed by atoms with Gasteiger partial charge in [0.1, 0.15) is 0 Å². The summed E-state index contributed by atoms with van der Waals surface area (Å²) in [5, 5.41) is 5.06. The number of aromatic nitrogens is 2. The third kappa shape index (κ3) is 6.53. The van der Waals surface area contributed by atoms with Crippen LogP contribution in [0.1, 0.15) is 13.8 Å². The minimum absolute atomic E-state index is 0.0182. The minimum atomic E-state index is -3.84. The lowest BCUT2D eigenvalue weighted by Gasteiger charge is -2.13. The number of hydrogen-bond donors (Lipinski definition) is 3. The minimum Gasteiger partial charge on any atom is -0.326 e. The van der Waals surface area contributed by atoms with Gasteiger partial charge in [-0.25, -0.2) is 23.1 Å². The lowest BCUT2D eigenvalue weighted by atomic mass is 10.3. The molecular formula is C21H21N5O4S2. The summed E-state index contributed by atoms with van der Waals surface area (Å²) in [7, 11) is -3.84. The first kappa shape index (κ1) is 23.2. The van der Waals surface area contributed by atoms with E-state index in [1.807, 2.05) is 12.1 Å². The molecule has 0 saturated carbocycles. The summed E-state index contributed by atoms with van der Waals surface area (Å²) >= 11 is 1.36. The van der Waals surface area contributed by atoms with E-state index in [-0.39, 0.29) is 22.7 Å². The molecule has 0 aliphatic carbocycles. The Morgan fingerprint density at radius 2 is 1.47 bits per heavy atom. The van der Waals surface area contributed by atoms with Crippen LogP contribution in [0.2, 0.25) is 0 Å². The molecule has 2 aromatic carbocycles. The summed E-state index contributed by atoms with van der Waals surface area (Å²) in [6, 6.07) is 14.6. The van der Waals surface area contributed by atoms with E-state index < -0.39 is 15.3 Å². The van der Waals surface area contributed by atoms with Crippen LogP contribution in [-0.4, -0.2) is 35.5 Å². The molecule has 3 N–H and O–H groups in total. The number of thioether (sulfide) groups is 1. The number of carbonyl (C=O) groups is 2. The zero-order chi connectivity index (χ0) is 23.1. The first-order valence-electron chi connectivity index (χ1n) is 9.48. The van der Waals surface area contributed by atoms with Gasteiger partial charge in [-0.05, 0) is 61.5 Å². The molecule has 1 heterocycles. The molecule has 0 fully saturated rings. The SMILES string of the molecule is CC(=O)Nc1ccc(SC(C)C(=O)Nc2ccc(S(=O)(=O)Nc3ncccn3)cc2)cc1. The Bertz CT molecular complexity index is 1190. The smallest absolute Gasteiger partial charge is 0.264 e. The topological polar surface area (TPSA) is 130 Å². The highest BCUT2D eigenvalue weighted by atomic mass is 32.2. The van der Waals surface area contributed by atoms with Gasteiger partial charge in [0.2, 0.25) is 17.8 Å². The Morgan fingerprint density at radius 1 is 0.906 bits per heavy atom. The fourth-order valence-electron chi connectivity index (χ4n) is 2.57. The van der Waals surface area contributed by atoms with Gasteiger partial charge in [-0.2, -0.15) is 0 Å². The van der Waals surface area contributed by atoms with Gasteiger partial charge in [0, 0.05) is 35.6 Å². The molecule has 32 heavy (non-hydrogen) atoms. The van der Waals surface area contributed by atoms with Crippen LogP contribution < -0.4 is 15.4 Å². The maximum absolute atomic E-state index is 12.5. The van der Waals surface area contributed by atoms with Crippen molar-refractivity contribution in [3.8, 4) is 0 Å². The number of sulfonamides is 1. The lowest BCUT2D eigenvalue weighted by Crippen LogP contribution is -2.22. The average molecular weight is 472 g/mol. The zero-order valence-electron chi connectivity index (χ0n) is 17.3. The average Bonchev–Trinajstić information content (AvgIpc) is 2.75. The number of amides is 2. The molecule has 1 atom stereocenters. The number of rotatable bonds is 8. The summed E-state index contributed by atoms with van der Waals surface area (Å²) in [5.74, 6) is -0.408. The van der Waals surface area contributed by atoms with Crippen LogP contribution in [0.15, 0.2) is 76.8 Å². The number of hydrogen-bond acceptors (Lipinski definition) is 7. The first-order chi connectivity index (χ1) is 15.2. The molecule has 2 amide bonds. The Hall–Kier alpha value is -3.44. The highest BCUT2D eigenvalue weighted by Crippen LogP contribution is 2.26. The van der Waals surface area contributed by atoms with Gasteiger partial charge >= 0.3 is 0 Å². The van der Waals surface area contributed by atoms with Crippen LogP contribution in [0.4, 0.5) is 17.3 Å². The van der Waals surface area contributed by atoms with E-state index in [0.717, 1.165) is 4.90 Å². The molecule has 1 aromatic heterocycles. The number of carbonyl (C=O) groups excluding carboxylic acids is 2. The fourth-order valence-corrected chi connectivity index (χ4v) is 4.40. The molecule has 1 unspecified atom stereocenters. The highest BCUT2D eigenvalue weighted by Gasteiger charge is 2.17. The van der Waals surface area contributed by atoms with Crippen molar-refractivity contribution in [2.45, 2.75) is 28.9 Å². The first-order valence-corrected chi connectivity index (χ1v) is 11.8. The number of benzene rings is 2. The zero-order valence-corrected chi connectivity index (χ0v) is 18.9. The Kier molecular flexibility index (Phi) is 7.44. The van der Waals surface area contributed by atoms with Crippen LogP contribution in [0.5, 0.6) is 0 Å². The van der Waals surface area contributed by atoms with Crippen molar-refractivity contribution < 1.29 is 18.0 Å². The van der Waals surface area contributed by atoms with Crippen molar-refractivity contribution >= 4 is 50.9 Å². The third-order valence-corrected chi connectivity index (χ3v) is 6.54. The summed E-state index contributed by atoms with van der Waals surface area (Å²) in [6.45, 7) is 3.20. The molecule has 3 rings (SSSR count). The van der Waals surface area contributed by atoms with Gasteiger partial charge in [-0.3, -0.25) is 9.59 Å². The molecule has 166 valence electrons. The van der Waals surface area contributed by atoms with E-state index in [9.17, 15) is 18.0 Å². The van der Waals surface area contributed by atoms with Crippen molar-refractivity contribution in [1.82, 2.24) is 9.97 Å². The standard InChI is InChI=1S/C21H21N5O4S2/c1-14(31-18-8-4-16(5-9-18)24-15(2)27)20(28)25-17-6-10-19(11-7-17)32(29,30)26-21-22-12-3-13-23-21/h3-14H,1-2H3,(H,24,27)(H,25,28)(H,22,23,26). The number of anilines is 3. The van der Waals surface area contributed by atoms with Crippen LogP contribution in [0.25, 0.3) is 0 Å². The molecule has 0 aliphatic heterocycles. The second-order valence-electron chi connectivity index (χ2n) is 6.66. The monoisotopic (exact) mass is 471 g/mol. The van der Waals surface area contributed by atoms with E-state index in [1.54, 1.807) is 25.1 Å². The van der Waals surface area contributed by atoms with Crippen LogP contribution >= 0.6 is 11.8 Å². The van der Waals surface area contributed by atoms with E-state index in [2.05, 4.69) is 25.3 Å². The Balaban J connectivity index is 1.58. The van der Waals surface area contributed by atoms with Crippen LogP contribution in [0, 0.1) is 0 Å². The second-order valence-corrected chi connectivity index (χ2v) is 9.75. The molecule has 0 spiro atoms. The van der Waals surface area contributed by atoms with Crippen molar-refractivity contribution in [3.05, 3.63) is 67.0 Å². The largest absolute Gasteiger partial charge is 0.326 e. The fraction of sp³-hybridized carbons (Fsp3) is 0.143.